The highest BCUT2D eigenvalue weighted by Gasteiger charge is 2.19. The molecule has 1 unspecified atom stereocenters. The maximum absolute atomic E-state index is 11.2. The molecule has 0 amide bonds. The van der Waals surface area contributed by atoms with Gasteiger partial charge in [0.25, 0.3) is 0 Å². The van der Waals surface area contributed by atoms with Gasteiger partial charge in [0.05, 0.1) is 11.0 Å². The first-order valence-corrected chi connectivity index (χ1v) is 6.88. The van der Waals surface area contributed by atoms with E-state index in [0.717, 1.165) is 22.4 Å². The monoisotopic (exact) mass is 280 g/mol. The van der Waals surface area contributed by atoms with Gasteiger partial charge in [-0.3, -0.25) is 4.79 Å². The minimum Gasteiger partial charge on any atom is -0.480 e. The van der Waals surface area contributed by atoms with Crippen molar-refractivity contribution >= 4 is 17.0 Å². The van der Waals surface area contributed by atoms with Crippen molar-refractivity contribution in [2.45, 2.75) is 19.4 Å². The molecule has 0 bridgehead atoms. The third-order valence-corrected chi connectivity index (χ3v) is 3.66. The van der Waals surface area contributed by atoms with Crippen LogP contribution in [0.25, 0.3) is 11.0 Å². The van der Waals surface area contributed by atoms with Gasteiger partial charge in [0.1, 0.15) is 12.4 Å². The maximum atomic E-state index is 11.2. The Labute approximate surface area is 122 Å². The topological polar surface area (TPSA) is 55.1 Å². The number of hydrogen-bond acceptors (Lipinski definition) is 2. The zero-order chi connectivity index (χ0) is 14.8. The van der Waals surface area contributed by atoms with Crippen molar-refractivity contribution in [1.82, 2.24) is 9.55 Å². The molecule has 0 radical (unpaired) electrons. The lowest BCUT2D eigenvalue weighted by atomic mass is 10.0. The van der Waals surface area contributed by atoms with Crippen LogP contribution < -0.4 is 0 Å². The first kappa shape index (κ1) is 13.4. The van der Waals surface area contributed by atoms with E-state index >= 15 is 0 Å². The summed E-state index contributed by atoms with van der Waals surface area (Å²) in [6, 6.07) is 17.6. The van der Waals surface area contributed by atoms with E-state index in [2.05, 4.69) is 11.9 Å². The standard InChI is InChI=1S/C17H16N2O2/c1-12(13-7-3-2-4-8-13)17-18-14-9-5-6-10-15(14)19(17)11-16(20)21/h2-10,12H,11H2,1H3,(H,20,21). The molecular formula is C17H16N2O2. The maximum Gasteiger partial charge on any atom is 0.323 e. The third kappa shape index (κ3) is 2.52. The molecule has 106 valence electrons. The van der Waals surface area contributed by atoms with Crippen LogP contribution in [-0.2, 0) is 11.3 Å². The molecule has 1 N–H and O–H groups in total. The molecule has 1 atom stereocenters. The Bertz CT molecular complexity index is 778. The predicted octanol–water partition coefficient (Wildman–Crippen LogP) is 3.27. The second-order valence-electron chi connectivity index (χ2n) is 5.07. The Morgan fingerprint density at radius 2 is 1.81 bits per heavy atom. The minimum atomic E-state index is -0.861. The highest BCUT2D eigenvalue weighted by atomic mass is 16.4. The molecule has 4 nitrogen and oxygen atoms in total. The van der Waals surface area contributed by atoms with E-state index in [0.29, 0.717) is 0 Å². The van der Waals surface area contributed by atoms with E-state index in [1.807, 2.05) is 54.6 Å². The van der Waals surface area contributed by atoms with Crippen molar-refractivity contribution < 1.29 is 9.90 Å². The fraction of sp³-hybridized carbons (Fsp3) is 0.176. The Morgan fingerprint density at radius 1 is 1.14 bits per heavy atom. The van der Waals surface area contributed by atoms with Crippen molar-refractivity contribution in [1.29, 1.82) is 0 Å². The lowest BCUT2D eigenvalue weighted by molar-refractivity contribution is -0.137. The Hall–Kier alpha value is -2.62. The van der Waals surface area contributed by atoms with Crippen LogP contribution in [0.5, 0.6) is 0 Å². The number of carboxylic acids is 1. The molecular weight excluding hydrogens is 264 g/mol. The molecule has 3 rings (SSSR count). The van der Waals surface area contributed by atoms with Crippen LogP contribution in [0.4, 0.5) is 0 Å². The van der Waals surface area contributed by atoms with Gasteiger partial charge in [-0.1, -0.05) is 49.4 Å². The SMILES string of the molecule is CC(c1ccccc1)c1nc2ccccc2n1CC(=O)O. The fourth-order valence-electron chi connectivity index (χ4n) is 2.62. The summed E-state index contributed by atoms with van der Waals surface area (Å²) >= 11 is 0. The molecule has 0 aliphatic rings. The molecule has 21 heavy (non-hydrogen) atoms. The first-order valence-electron chi connectivity index (χ1n) is 6.88. The quantitative estimate of drug-likeness (QED) is 0.798. The lowest BCUT2D eigenvalue weighted by Crippen LogP contribution is -2.14. The largest absolute Gasteiger partial charge is 0.480 e. The van der Waals surface area contributed by atoms with Gasteiger partial charge in [-0.25, -0.2) is 4.98 Å². The minimum absolute atomic E-state index is 0.0398. The number of aliphatic carboxylic acids is 1. The molecule has 1 heterocycles. The average molecular weight is 280 g/mol. The zero-order valence-electron chi connectivity index (χ0n) is 11.7. The van der Waals surface area contributed by atoms with Crippen molar-refractivity contribution in [3.63, 3.8) is 0 Å². The van der Waals surface area contributed by atoms with Crippen LogP contribution >= 0.6 is 0 Å². The summed E-state index contributed by atoms with van der Waals surface area (Å²) in [4.78, 5) is 15.8. The van der Waals surface area contributed by atoms with Gasteiger partial charge in [0, 0.05) is 5.92 Å². The van der Waals surface area contributed by atoms with Crippen LogP contribution in [-0.4, -0.2) is 20.6 Å². The number of rotatable bonds is 4. The number of nitrogens with zero attached hydrogens (tertiary/aromatic N) is 2. The molecule has 3 aromatic rings. The highest BCUT2D eigenvalue weighted by Crippen LogP contribution is 2.27. The molecule has 0 saturated heterocycles. The zero-order valence-corrected chi connectivity index (χ0v) is 11.7. The lowest BCUT2D eigenvalue weighted by Gasteiger charge is -2.13. The molecule has 0 aliphatic heterocycles. The Morgan fingerprint density at radius 3 is 2.52 bits per heavy atom. The smallest absolute Gasteiger partial charge is 0.323 e. The summed E-state index contributed by atoms with van der Waals surface area (Å²) < 4.78 is 1.79. The first-order chi connectivity index (χ1) is 10.2. The number of imidazole rings is 1. The van der Waals surface area contributed by atoms with Gasteiger partial charge in [0.15, 0.2) is 0 Å². The average Bonchev–Trinajstić information content (AvgIpc) is 2.86. The summed E-state index contributed by atoms with van der Waals surface area (Å²) in [5, 5.41) is 9.17. The molecule has 0 spiro atoms. The third-order valence-electron chi connectivity index (χ3n) is 3.66. The summed E-state index contributed by atoms with van der Waals surface area (Å²) in [6.07, 6.45) is 0. The van der Waals surface area contributed by atoms with Gasteiger partial charge in [-0.05, 0) is 17.7 Å². The molecule has 4 heteroatoms. The summed E-state index contributed by atoms with van der Waals surface area (Å²) in [7, 11) is 0. The van der Waals surface area contributed by atoms with E-state index in [-0.39, 0.29) is 12.5 Å². The van der Waals surface area contributed by atoms with E-state index in [1.54, 1.807) is 4.57 Å². The molecule has 1 aromatic heterocycles. The summed E-state index contributed by atoms with van der Waals surface area (Å²) in [5.74, 6) is -0.0394. The number of fused-ring (bicyclic) bond motifs is 1. The van der Waals surface area contributed by atoms with E-state index in [9.17, 15) is 9.90 Å². The van der Waals surface area contributed by atoms with Gasteiger partial charge in [-0.15, -0.1) is 0 Å². The number of carboxylic acid groups (broad SMARTS) is 1. The highest BCUT2D eigenvalue weighted by molar-refractivity contribution is 5.78. The van der Waals surface area contributed by atoms with Crippen LogP contribution in [0.1, 0.15) is 24.2 Å². The predicted molar refractivity (Wildman–Crippen MR) is 81.3 cm³/mol. The number of para-hydroxylation sites is 2. The van der Waals surface area contributed by atoms with Crippen molar-refractivity contribution in [2.75, 3.05) is 0 Å². The van der Waals surface area contributed by atoms with Gasteiger partial charge in [0.2, 0.25) is 0 Å². The fourth-order valence-corrected chi connectivity index (χ4v) is 2.62. The van der Waals surface area contributed by atoms with Gasteiger partial charge >= 0.3 is 5.97 Å². The second-order valence-corrected chi connectivity index (χ2v) is 5.07. The molecule has 0 aliphatic carbocycles. The molecule has 0 saturated carbocycles. The van der Waals surface area contributed by atoms with E-state index < -0.39 is 5.97 Å². The number of aromatic nitrogens is 2. The van der Waals surface area contributed by atoms with Crippen LogP contribution in [0.3, 0.4) is 0 Å². The van der Waals surface area contributed by atoms with E-state index in [1.165, 1.54) is 0 Å². The molecule has 2 aromatic carbocycles. The Balaban J connectivity index is 2.15. The second kappa shape index (κ2) is 5.40. The Kier molecular flexibility index (Phi) is 3.44. The number of carbonyl (C=O) groups is 1. The van der Waals surface area contributed by atoms with Crippen molar-refractivity contribution in [3.05, 3.63) is 66.0 Å². The number of benzene rings is 2. The molecule has 0 fully saturated rings. The van der Waals surface area contributed by atoms with Gasteiger partial charge in [-0.2, -0.15) is 0 Å². The van der Waals surface area contributed by atoms with E-state index in [4.69, 9.17) is 0 Å². The summed E-state index contributed by atoms with van der Waals surface area (Å²) in [6.45, 7) is 1.97. The van der Waals surface area contributed by atoms with Gasteiger partial charge < -0.3 is 9.67 Å². The number of hydrogen-bond donors (Lipinski definition) is 1. The van der Waals surface area contributed by atoms with Crippen molar-refractivity contribution in [3.8, 4) is 0 Å². The van der Waals surface area contributed by atoms with Crippen LogP contribution in [0.15, 0.2) is 54.6 Å². The van der Waals surface area contributed by atoms with Crippen LogP contribution in [0, 0.1) is 0 Å². The van der Waals surface area contributed by atoms with Crippen molar-refractivity contribution in [2.24, 2.45) is 0 Å². The van der Waals surface area contributed by atoms with Crippen LogP contribution in [0.2, 0.25) is 0 Å². The summed E-state index contributed by atoms with van der Waals surface area (Å²) in [5.41, 5.74) is 2.81. The normalized spacial score (nSPS) is 12.4.